The van der Waals surface area contributed by atoms with Crippen LogP contribution in [0.15, 0.2) is 47.5 Å². The van der Waals surface area contributed by atoms with Gasteiger partial charge in [0.25, 0.3) is 0 Å². The molecule has 0 bridgehead atoms. The van der Waals surface area contributed by atoms with Crippen LogP contribution in [0.4, 0.5) is 10.2 Å². The van der Waals surface area contributed by atoms with Crippen molar-refractivity contribution in [1.82, 2.24) is 9.29 Å². The lowest BCUT2D eigenvalue weighted by Crippen LogP contribution is -2.52. The molecular weight excluding hydrogens is 333 g/mol. The highest BCUT2D eigenvalue weighted by Crippen LogP contribution is 2.22. The van der Waals surface area contributed by atoms with Gasteiger partial charge in [0.1, 0.15) is 11.6 Å². The van der Waals surface area contributed by atoms with Crippen LogP contribution in [0.5, 0.6) is 0 Å². The Morgan fingerprint density at radius 1 is 1.17 bits per heavy atom. The van der Waals surface area contributed by atoms with Crippen LogP contribution in [-0.4, -0.2) is 43.2 Å². The van der Waals surface area contributed by atoms with Gasteiger partial charge in [-0.05, 0) is 42.8 Å². The quantitative estimate of drug-likeness (QED) is 0.843. The summed E-state index contributed by atoms with van der Waals surface area (Å²) in [5.41, 5.74) is 0.245. The van der Waals surface area contributed by atoms with Crippen LogP contribution in [0.1, 0.15) is 5.56 Å². The average molecular weight is 349 g/mol. The Morgan fingerprint density at radius 2 is 1.96 bits per heavy atom. The molecule has 8 heteroatoms. The van der Waals surface area contributed by atoms with E-state index in [0.717, 1.165) is 10.4 Å². The molecule has 6 nitrogen and oxygen atoms in total. The van der Waals surface area contributed by atoms with E-state index in [9.17, 15) is 17.6 Å². The minimum Gasteiger partial charge on any atom is -0.294 e. The summed E-state index contributed by atoms with van der Waals surface area (Å²) in [6.45, 7) is 1.60. The van der Waals surface area contributed by atoms with Gasteiger partial charge in [0, 0.05) is 19.3 Å². The molecule has 126 valence electrons. The summed E-state index contributed by atoms with van der Waals surface area (Å²) in [5.74, 6) is -0.315. The van der Waals surface area contributed by atoms with Crippen molar-refractivity contribution in [3.8, 4) is 0 Å². The van der Waals surface area contributed by atoms with Crippen LogP contribution < -0.4 is 4.90 Å². The van der Waals surface area contributed by atoms with Crippen molar-refractivity contribution >= 4 is 21.7 Å². The number of nitrogens with zero attached hydrogens (tertiary/aromatic N) is 3. The molecule has 2 heterocycles. The molecule has 2 aromatic rings. The predicted octanol–water partition coefficient (Wildman–Crippen LogP) is 1.57. The Hall–Kier alpha value is -2.32. The average Bonchev–Trinajstić information content (AvgIpc) is 2.58. The van der Waals surface area contributed by atoms with Gasteiger partial charge in [-0.1, -0.05) is 6.07 Å². The molecule has 1 aromatic heterocycles. The summed E-state index contributed by atoms with van der Waals surface area (Å²) in [4.78, 5) is 17.9. The monoisotopic (exact) mass is 349 g/mol. The van der Waals surface area contributed by atoms with E-state index in [1.54, 1.807) is 24.4 Å². The first kappa shape index (κ1) is 16.5. The number of benzene rings is 1. The fourth-order valence-corrected chi connectivity index (χ4v) is 4.01. The number of anilines is 1. The van der Waals surface area contributed by atoms with E-state index in [1.807, 2.05) is 0 Å². The molecule has 0 atom stereocenters. The number of hydrogen-bond donors (Lipinski definition) is 0. The van der Waals surface area contributed by atoms with Crippen molar-refractivity contribution in [1.29, 1.82) is 0 Å². The zero-order valence-corrected chi connectivity index (χ0v) is 13.8. The standard InChI is InChI=1S/C16H16FN3O3S/c1-12-10-13(5-6-14(12)17)24(22,23)19-8-9-20(16(21)11-19)15-4-2-3-7-18-15/h2-7,10H,8-9,11H2,1H3. The van der Waals surface area contributed by atoms with E-state index in [1.165, 1.54) is 24.0 Å². The zero-order chi connectivity index (χ0) is 17.3. The number of piperazine rings is 1. The largest absolute Gasteiger partial charge is 0.294 e. The van der Waals surface area contributed by atoms with Gasteiger partial charge in [-0.15, -0.1) is 0 Å². The van der Waals surface area contributed by atoms with Crippen LogP contribution in [0, 0.1) is 12.7 Å². The lowest BCUT2D eigenvalue weighted by molar-refractivity contribution is -0.120. The molecule has 24 heavy (non-hydrogen) atoms. The van der Waals surface area contributed by atoms with Crippen molar-refractivity contribution in [2.24, 2.45) is 0 Å². The maximum absolute atomic E-state index is 13.4. The molecule has 0 aliphatic carbocycles. The number of rotatable bonds is 3. The third-order valence-corrected chi connectivity index (χ3v) is 5.72. The summed E-state index contributed by atoms with van der Waals surface area (Å²) >= 11 is 0. The number of carbonyl (C=O) groups excluding carboxylic acids is 1. The van der Waals surface area contributed by atoms with Gasteiger partial charge < -0.3 is 0 Å². The summed E-state index contributed by atoms with van der Waals surface area (Å²) < 4.78 is 39.8. The number of aromatic nitrogens is 1. The van der Waals surface area contributed by atoms with Crippen LogP contribution in [0.2, 0.25) is 0 Å². The Labute approximate surface area is 139 Å². The molecule has 0 saturated carbocycles. The van der Waals surface area contributed by atoms with Crippen LogP contribution in [0.25, 0.3) is 0 Å². The fourth-order valence-electron chi connectivity index (χ4n) is 2.54. The highest BCUT2D eigenvalue weighted by Gasteiger charge is 2.33. The number of hydrogen-bond acceptors (Lipinski definition) is 4. The van der Waals surface area contributed by atoms with Crippen LogP contribution in [-0.2, 0) is 14.8 Å². The fraction of sp³-hybridized carbons (Fsp3) is 0.250. The number of pyridine rings is 1. The van der Waals surface area contributed by atoms with Crippen LogP contribution >= 0.6 is 0 Å². The molecule has 0 radical (unpaired) electrons. The van der Waals surface area contributed by atoms with Gasteiger partial charge >= 0.3 is 0 Å². The first-order valence-electron chi connectivity index (χ1n) is 7.37. The maximum atomic E-state index is 13.4. The molecular formula is C16H16FN3O3S. The molecule has 1 saturated heterocycles. The summed E-state index contributed by atoms with van der Waals surface area (Å²) in [5, 5.41) is 0. The predicted molar refractivity (Wildman–Crippen MR) is 86.5 cm³/mol. The molecule has 1 aromatic carbocycles. The first-order valence-corrected chi connectivity index (χ1v) is 8.81. The number of carbonyl (C=O) groups is 1. The SMILES string of the molecule is Cc1cc(S(=O)(=O)N2CCN(c3ccccn3)C(=O)C2)ccc1F. The van der Waals surface area contributed by atoms with Gasteiger partial charge in [0.15, 0.2) is 0 Å². The van der Waals surface area contributed by atoms with Gasteiger partial charge in [0.05, 0.1) is 11.4 Å². The third-order valence-electron chi connectivity index (χ3n) is 3.88. The Kier molecular flexibility index (Phi) is 4.33. The first-order chi connectivity index (χ1) is 11.4. The Balaban J connectivity index is 1.82. The summed E-state index contributed by atoms with van der Waals surface area (Å²) in [6.07, 6.45) is 1.58. The number of halogens is 1. The smallest absolute Gasteiger partial charge is 0.243 e. The van der Waals surface area contributed by atoms with E-state index < -0.39 is 15.8 Å². The van der Waals surface area contributed by atoms with Gasteiger partial charge in [-0.3, -0.25) is 9.69 Å². The molecule has 1 fully saturated rings. The molecule has 0 N–H and O–H groups in total. The number of sulfonamides is 1. The van der Waals surface area contributed by atoms with Gasteiger partial charge in [0.2, 0.25) is 15.9 Å². The number of aryl methyl sites for hydroxylation is 1. The van der Waals surface area contributed by atoms with E-state index in [0.29, 0.717) is 5.82 Å². The highest BCUT2D eigenvalue weighted by molar-refractivity contribution is 7.89. The summed E-state index contributed by atoms with van der Waals surface area (Å²) in [6, 6.07) is 8.82. The Bertz CT molecular complexity index is 871. The van der Waals surface area contributed by atoms with Crippen molar-refractivity contribution in [3.05, 3.63) is 54.0 Å². The Morgan fingerprint density at radius 3 is 2.58 bits per heavy atom. The second-order valence-electron chi connectivity index (χ2n) is 5.48. The highest BCUT2D eigenvalue weighted by atomic mass is 32.2. The summed E-state index contributed by atoms with van der Waals surface area (Å²) in [7, 11) is -3.84. The lowest BCUT2D eigenvalue weighted by atomic mass is 10.2. The van der Waals surface area contributed by atoms with Crippen molar-refractivity contribution in [2.45, 2.75) is 11.8 Å². The van der Waals surface area contributed by atoms with E-state index in [2.05, 4.69) is 4.98 Å². The molecule has 0 unspecified atom stereocenters. The minimum absolute atomic E-state index is 0.0134. The normalized spacial score (nSPS) is 16.4. The van der Waals surface area contributed by atoms with Gasteiger partial charge in [-0.2, -0.15) is 4.31 Å². The zero-order valence-electron chi connectivity index (χ0n) is 13.0. The van der Waals surface area contributed by atoms with Crippen molar-refractivity contribution < 1.29 is 17.6 Å². The molecule has 1 amide bonds. The second-order valence-corrected chi connectivity index (χ2v) is 7.42. The second kappa shape index (κ2) is 6.29. The van der Waals surface area contributed by atoms with E-state index in [4.69, 9.17) is 0 Å². The molecule has 1 aliphatic heterocycles. The molecule has 0 spiro atoms. The maximum Gasteiger partial charge on any atom is 0.243 e. The van der Waals surface area contributed by atoms with E-state index in [-0.39, 0.29) is 36.0 Å². The molecule has 1 aliphatic rings. The minimum atomic E-state index is -3.84. The van der Waals surface area contributed by atoms with E-state index >= 15 is 0 Å². The topological polar surface area (TPSA) is 70.6 Å². The van der Waals surface area contributed by atoms with Gasteiger partial charge in [-0.25, -0.2) is 17.8 Å². The van der Waals surface area contributed by atoms with Crippen LogP contribution in [0.3, 0.4) is 0 Å². The number of amides is 1. The van der Waals surface area contributed by atoms with Crippen molar-refractivity contribution in [3.63, 3.8) is 0 Å². The molecule has 3 rings (SSSR count). The third kappa shape index (κ3) is 3.02. The lowest BCUT2D eigenvalue weighted by Gasteiger charge is -2.33. The van der Waals surface area contributed by atoms with Crippen molar-refractivity contribution in [2.75, 3.05) is 24.5 Å².